The van der Waals surface area contributed by atoms with Crippen LogP contribution in [0.1, 0.15) is 11.3 Å². The van der Waals surface area contributed by atoms with Gasteiger partial charge in [-0.2, -0.15) is 15.2 Å². The van der Waals surface area contributed by atoms with Gasteiger partial charge < -0.3 is 16.0 Å². The molecule has 0 fully saturated rings. The largest absolute Gasteiger partial charge is 0.325 e. The Morgan fingerprint density at radius 3 is 2.22 bits per heavy atom. The van der Waals surface area contributed by atoms with Crippen molar-refractivity contribution in [1.82, 2.24) is 40.3 Å². The Morgan fingerprint density at radius 2 is 1.46 bits per heavy atom. The molecule has 0 aliphatic heterocycles. The molecule has 0 aliphatic rings. The van der Waals surface area contributed by atoms with Gasteiger partial charge in [-0.15, -0.1) is 0 Å². The van der Waals surface area contributed by atoms with Crippen molar-refractivity contribution < 1.29 is 0 Å². The lowest BCUT2D eigenvalue weighted by atomic mass is 10.2. The highest BCUT2D eigenvalue weighted by Crippen LogP contribution is 2.26. The second kappa shape index (κ2) is 11.5. The van der Waals surface area contributed by atoms with Crippen LogP contribution in [0.3, 0.4) is 0 Å². The average Bonchev–Trinajstić information content (AvgIpc) is 3.65. The van der Waals surface area contributed by atoms with Crippen LogP contribution in [0.15, 0.2) is 97.5 Å². The second-order valence-electron chi connectivity index (χ2n) is 9.30. The van der Waals surface area contributed by atoms with Gasteiger partial charge in [0.25, 0.3) is 0 Å². The predicted molar refractivity (Wildman–Crippen MR) is 162 cm³/mol. The maximum absolute atomic E-state index is 4.64. The predicted octanol–water partition coefficient (Wildman–Crippen LogP) is 6.55. The molecule has 0 bridgehead atoms. The first kappa shape index (κ1) is 25.4. The maximum atomic E-state index is 4.64. The molecule has 0 aliphatic carbocycles. The molecule has 0 amide bonds. The van der Waals surface area contributed by atoms with Gasteiger partial charge in [0.2, 0.25) is 5.95 Å². The number of rotatable bonds is 6. The number of nitrogens with one attached hydrogen (secondary N) is 5. The number of benzene rings is 3. The zero-order valence-electron chi connectivity index (χ0n) is 22.4. The molecule has 7 rings (SSSR count). The van der Waals surface area contributed by atoms with Gasteiger partial charge in [-0.25, -0.2) is 15.0 Å². The molecule has 0 saturated carbocycles. The van der Waals surface area contributed by atoms with Gasteiger partial charge in [0.15, 0.2) is 5.82 Å². The quantitative estimate of drug-likeness (QED) is 0.158. The van der Waals surface area contributed by atoms with E-state index >= 15 is 0 Å². The Kier molecular flexibility index (Phi) is 7.13. The summed E-state index contributed by atoms with van der Waals surface area (Å²) >= 11 is 0. The summed E-state index contributed by atoms with van der Waals surface area (Å²) in [7, 11) is 0. The molecular weight excluding hydrogens is 514 g/mol. The lowest BCUT2D eigenvalue weighted by Crippen LogP contribution is -2.02. The third-order valence-electron chi connectivity index (χ3n) is 6.13. The summed E-state index contributed by atoms with van der Waals surface area (Å²) in [5.74, 6) is 3.56. The summed E-state index contributed by atoms with van der Waals surface area (Å²) in [6.45, 7) is 4.01. The molecule has 0 radical (unpaired) electrons. The first-order chi connectivity index (χ1) is 20.1. The number of hydrogen-bond donors (Lipinski definition) is 5. The summed E-state index contributed by atoms with van der Waals surface area (Å²) < 4.78 is 0. The van der Waals surface area contributed by atoms with Crippen molar-refractivity contribution in [2.75, 3.05) is 16.0 Å². The van der Waals surface area contributed by atoms with Gasteiger partial charge in [-0.1, -0.05) is 36.4 Å². The van der Waals surface area contributed by atoms with Crippen LogP contribution < -0.4 is 16.0 Å². The Labute approximate surface area is 235 Å². The molecular formula is C30H27N11. The number of aromatic nitrogens is 8. The number of H-pyrrole nitrogens is 2. The van der Waals surface area contributed by atoms with E-state index in [0.29, 0.717) is 11.8 Å². The molecule has 11 heteroatoms. The van der Waals surface area contributed by atoms with Gasteiger partial charge in [-0.3, -0.25) is 10.2 Å². The van der Waals surface area contributed by atoms with Crippen LogP contribution in [0.4, 0.5) is 34.9 Å². The summed E-state index contributed by atoms with van der Waals surface area (Å²) in [4.78, 5) is 17.7. The molecule has 0 spiro atoms. The van der Waals surface area contributed by atoms with Crippen LogP contribution in [0, 0.1) is 13.8 Å². The van der Waals surface area contributed by atoms with Crippen LogP contribution in [-0.2, 0) is 0 Å². The Hall–Kier alpha value is -5.84. The number of fused-ring (bicyclic) bond motifs is 2. The average molecular weight is 542 g/mol. The third-order valence-corrected chi connectivity index (χ3v) is 6.13. The van der Waals surface area contributed by atoms with E-state index in [0.717, 1.165) is 50.6 Å². The molecule has 202 valence electrons. The molecule has 4 aromatic heterocycles. The van der Waals surface area contributed by atoms with E-state index in [-0.39, 0.29) is 0 Å². The zero-order chi connectivity index (χ0) is 28.0. The summed E-state index contributed by atoms with van der Waals surface area (Å²) in [6.07, 6.45) is 3.23. The lowest BCUT2D eigenvalue weighted by Gasteiger charge is -2.11. The van der Waals surface area contributed by atoms with E-state index in [9.17, 15) is 0 Å². The number of aryl methyl sites for hydroxylation is 2. The molecule has 0 atom stereocenters. The molecule has 41 heavy (non-hydrogen) atoms. The van der Waals surface area contributed by atoms with Gasteiger partial charge in [0, 0.05) is 34.3 Å². The van der Waals surface area contributed by atoms with Gasteiger partial charge in [0.05, 0.1) is 17.2 Å². The molecule has 0 saturated heterocycles. The van der Waals surface area contributed by atoms with Crippen molar-refractivity contribution in [1.29, 1.82) is 0 Å². The van der Waals surface area contributed by atoms with E-state index in [1.807, 2.05) is 79.7 Å². The van der Waals surface area contributed by atoms with E-state index in [2.05, 4.69) is 75.3 Å². The molecule has 4 heterocycles. The molecule has 7 aromatic rings. The smallest absolute Gasteiger partial charge is 0.229 e. The third kappa shape index (κ3) is 6.09. The normalized spacial score (nSPS) is 10.7. The van der Waals surface area contributed by atoms with Crippen molar-refractivity contribution in [3.63, 3.8) is 0 Å². The highest BCUT2D eigenvalue weighted by atomic mass is 15.2. The monoisotopic (exact) mass is 541 g/mol. The second-order valence-corrected chi connectivity index (χ2v) is 9.30. The Bertz CT molecular complexity index is 1910. The van der Waals surface area contributed by atoms with Crippen LogP contribution in [0.25, 0.3) is 21.8 Å². The fraction of sp³-hybridized carbons (Fsp3) is 0.0667. The van der Waals surface area contributed by atoms with Crippen molar-refractivity contribution in [2.45, 2.75) is 13.8 Å². The minimum absolute atomic E-state index is 0.541. The minimum Gasteiger partial charge on any atom is -0.325 e. The Morgan fingerprint density at radius 1 is 0.659 bits per heavy atom. The zero-order valence-corrected chi connectivity index (χ0v) is 22.4. The number of nitrogens with zero attached hydrogens (tertiary/aromatic N) is 6. The maximum Gasteiger partial charge on any atom is 0.229 e. The van der Waals surface area contributed by atoms with E-state index < -0.39 is 0 Å². The molecule has 0 unspecified atom stereocenters. The number of anilines is 6. The first-order valence-corrected chi connectivity index (χ1v) is 13.0. The topological polar surface area (TPSA) is 145 Å². The van der Waals surface area contributed by atoms with Gasteiger partial charge >= 0.3 is 0 Å². The van der Waals surface area contributed by atoms with Crippen molar-refractivity contribution in [2.24, 2.45) is 0 Å². The van der Waals surface area contributed by atoms with Crippen LogP contribution >= 0.6 is 0 Å². The van der Waals surface area contributed by atoms with E-state index in [4.69, 9.17) is 0 Å². The van der Waals surface area contributed by atoms with E-state index in [1.54, 1.807) is 12.5 Å². The van der Waals surface area contributed by atoms with Gasteiger partial charge in [-0.05, 0) is 55.8 Å². The highest BCUT2D eigenvalue weighted by molar-refractivity contribution is 5.92. The number of hydrogen-bond acceptors (Lipinski definition) is 9. The first-order valence-electron chi connectivity index (χ1n) is 13.0. The highest BCUT2D eigenvalue weighted by Gasteiger charge is 2.10. The molecule has 11 nitrogen and oxygen atoms in total. The lowest BCUT2D eigenvalue weighted by molar-refractivity contribution is 1.05. The molecule has 3 aromatic carbocycles. The van der Waals surface area contributed by atoms with Crippen LogP contribution in [0.5, 0.6) is 0 Å². The van der Waals surface area contributed by atoms with Crippen LogP contribution in [0.2, 0.25) is 0 Å². The summed E-state index contributed by atoms with van der Waals surface area (Å²) in [5.41, 5.74) is 4.90. The number of aromatic amines is 2. The summed E-state index contributed by atoms with van der Waals surface area (Å²) in [6, 6.07) is 27.6. The Balaban J connectivity index is 0.000000162. The van der Waals surface area contributed by atoms with Crippen molar-refractivity contribution in [3.05, 3.63) is 109 Å². The molecule has 5 N–H and O–H groups in total. The standard InChI is InChI=1S/C19H18N6.C11H9N5/c1-12-6-5-7-14(10-12)20-19-21-16-9-4-3-8-15(16)18(23-19)22-17-11-13(2)24-25-17;1-2-4-9-8(3-1)11(13-7-12-9)15-10-5-6-14-16-10/h3-11H,1-2H3,(H3,20,21,22,23,24,25);1-7H,(H2,12,13,14,15,16). The van der Waals surface area contributed by atoms with E-state index in [1.165, 1.54) is 5.56 Å². The van der Waals surface area contributed by atoms with Crippen molar-refractivity contribution in [3.8, 4) is 0 Å². The van der Waals surface area contributed by atoms with Gasteiger partial charge in [0.1, 0.15) is 23.8 Å². The minimum atomic E-state index is 0.541. The van der Waals surface area contributed by atoms with Crippen LogP contribution in [-0.4, -0.2) is 40.3 Å². The fourth-order valence-corrected chi connectivity index (χ4v) is 4.24. The fourth-order valence-electron chi connectivity index (χ4n) is 4.24. The number of para-hydroxylation sites is 2. The van der Waals surface area contributed by atoms with Crippen molar-refractivity contribution >= 4 is 56.7 Å². The summed E-state index contributed by atoms with van der Waals surface area (Å²) in [5, 5.41) is 25.5. The SMILES string of the molecule is Cc1cccc(Nc2nc(Nc3cc(C)[nH]n3)c3ccccc3n2)c1.c1ccc2c(Nc3ccn[nH]3)ncnc2c1.